The van der Waals surface area contributed by atoms with E-state index in [1.807, 2.05) is 12.1 Å². The molecule has 0 radical (unpaired) electrons. The van der Waals surface area contributed by atoms with Gasteiger partial charge < -0.3 is 15.3 Å². The van der Waals surface area contributed by atoms with Crippen LogP contribution in [0.2, 0.25) is 10.0 Å². The highest BCUT2D eigenvalue weighted by Crippen LogP contribution is 2.33. The van der Waals surface area contributed by atoms with Crippen LogP contribution in [0.1, 0.15) is 53.6 Å². The number of amides is 1. The second kappa shape index (κ2) is 28.5. The van der Waals surface area contributed by atoms with Crippen LogP contribution >= 0.6 is 49.1 Å². The maximum absolute atomic E-state index is 15.3. The number of benzene rings is 6. The summed E-state index contributed by atoms with van der Waals surface area (Å²) in [6.07, 6.45) is -2.72. The van der Waals surface area contributed by atoms with Crippen molar-refractivity contribution in [3.63, 3.8) is 0 Å². The summed E-state index contributed by atoms with van der Waals surface area (Å²) in [6, 6.07) is 39.1. The summed E-state index contributed by atoms with van der Waals surface area (Å²) in [5.74, 6) is -2.92. The van der Waals surface area contributed by atoms with E-state index < -0.39 is 53.7 Å². The number of rotatable bonds is 12. The van der Waals surface area contributed by atoms with E-state index in [1.165, 1.54) is 11.0 Å². The van der Waals surface area contributed by atoms with E-state index in [9.17, 15) is 32.3 Å². The lowest BCUT2D eigenvalue weighted by Gasteiger charge is -2.23. The molecule has 6 aromatic carbocycles. The number of carboxylic acid groups (broad SMARTS) is 1. The molecule has 1 amide bonds. The molecule has 9 nitrogen and oxygen atoms in total. The van der Waals surface area contributed by atoms with E-state index in [1.54, 1.807) is 127 Å². The molecule has 0 unspecified atom stereocenters. The lowest BCUT2D eigenvalue weighted by Crippen LogP contribution is -2.42. The molecule has 0 saturated carbocycles. The van der Waals surface area contributed by atoms with Crippen molar-refractivity contribution in [2.75, 3.05) is 13.1 Å². The van der Waals surface area contributed by atoms with Gasteiger partial charge in [0.05, 0.1) is 54.7 Å². The first kappa shape index (κ1) is 59.8. The number of carboxylic acids is 1. The number of aliphatic carboxylic acids is 1. The van der Waals surface area contributed by atoms with Crippen molar-refractivity contribution in [1.29, 1.82) is 10.5 Å². The fourth-order valence-corrected chi connectivity index (χ4v) is 8.56. The fraction of sp³-hybridized carbons (Fsp3) is 0.236. The molecule has 2 aliphatic heterocycles. The number of likely N-dealkylation sites (tertiary alicyclic amines) is 1. The standard InChI is InChI=1S/C27H21ClF2N2O2.C18H16ClF2NO.C9H7NO2.CH4.ClH.H2S/c28-23-10-2-1-8-21(23)22-9-4-7-19(27(22)30)13-25(33)24-14-20(29)16-32(24)26(34)12-17-5-3-6-18(11-17)15-31;19-15-7-2-1-5-13(15)14-6-3-4-11(18(14)21)8-17(23)16-9-12(20)10-22-16;10-6-8-3-1-2-7(4-8)5-9(11)12;;;/h1-11,20,24H,12-14,16H2;1-7,12,16,22H,8-10H2;1-4H,5H2,(H,11,12);1H4;1H;1H2/t20-,24+;12-,16+;;;;/m11..../s1. The highest BCUT2D eigenvalue weighted by Gasteiger charge is 2.39. The van der Waals surface area contributed by atoms with Crippen molar-refractivity contribution in [2.45, 2.75) is 70.4 Å². The number of Topliss-reactive ketones (excluding diaryl/α,β-unsaturated/α-hetero) is 2. The van der Waals surface area contributed by atoms with E-state index in [2.05, 4.69) is 5.32 Å². The minimum Gasteiger partial charge on any atom is -0.481 e. The van der Waals surface area contributed by atoms with Crippen molar-refractivity contribution in [3.05, 3.63) is 189 Å². The third-order valence-corrected chi connectivity index (χ3v) is 12.1. The molecule has 0 aromatic heterocycles. The molecule has 6 aromatic rings. The molecule has 2 fully saturated rings. The Morgan fingerprint density at radius 3 is 1.54 bits per heavy atom. The predicted molar refractivity (Wildman–Crippen MR) is 279 cm³/mol. The molecule has 4 atom stereocenters. The molecular formula is C55H51Cl3F4N4O5S. The second-order valence-corrected chi connectivity index (χ2v) is 17.2. The van der Waals surface area contributed by atoms with Crippen LogP contribution < -0.4 is 5.32 Å². The van der Waals surface area contributed by atoms with Gasteiger partial charge in [-0.15, -0.1) is 12.4 Å². The quantitative estimate of drug-likeness (QED) is 0.115. The Labute approximate surface area is 439 Å². The Kier molecular flexibility index (Phi) is 23.7. The largest absolute Gasteiger partial charge is 0.481 e. The molecule has 2 saturated heterocycles. The number of hydrogen-bond acceptors (Lipinski definition) is 7. The Hall–Kier alpha value is -6.52. The van der Waals surface area contributed by atoms with Crippen LogP contribution in [0.25, 0.3) is 22.3 Å². The first-order valence-electron chi connectivity index (χ1n) is 21.8. The molecule has 2 aliphatic rings. The zero-order valence-electron chi connectivity index (χ0n) is 37.8. The van der Waals surface area contributed by atoms with Gasteiger partial charge in [-0.3, -0.25) is 19.2 Å². The van der Waals surface area contributed by atoms with Crippen LogP contribution in [0.5, 0.6) is 0 Å². The molecule has 0 spiro atoms. The van der Waals surface area contributed by atoms with Gasteiger partial charge in [-0.1, -0.05) is 128 Å². The molecule has 0 aliphatic carbocycles. The second-order valence-electron chi connectivity index (χ2n) is 16.4. The van der Waals surface area contributed by atoms with Crippen molar-refractivity contribution in [3.8, 4) is 34.4 Å². The van der Waals surface area contributed by atoms with E-state index in [-0.39, 0.29) is 102 Å². The number of ketones is 2. The molecule has 0 bridgehead atoms. The van der Waals surface area contributed by atoms with Crippen LogP contribution in [-0.2, 0) is 44.9 Å². The molecule has 2 heterocycles. The number of nitriles is 2. The maximum Gasteiger partial charge on any atom is 0.307 e. The van der Waals surface area contributed by atoms with Crippen LogP contribution in [0.4, 0.5) is 17.6 Å². The van der Waals surface area contributed by atoms with Gasteiger partial charge in [-0.2, -0.15) is 24.0 Å². The first-order chi connectivity index (χ1) is 33.1. The van der Waals surface area contributed by atoms with Gasteiger partial charge in [0.25, 0.3) is 0 Å². The van der Waals surface area contributed by atoms with Crippen molar-refractivity contribution < 1.29 is 41.8 Å². The summed E-state index contributed by atoms with van der Waals surface area (Å²) in [5, 5.41) is 29.7. The normalized spacial score (nSPS) is 16.3. The summed E-state index contributed by atoms with van der Waals surface area (Å²) < 4.78 is 57.5. The summed E-state index contributed by atoms with van der Waals surface area (Å²) in [6.45, 7) is -0.00607. The number of nitrogens with zero attached hydrogens (tertiary/aromatic N) is 3. The molecule has 17 heteroatoms. The number of carbonyl (C=O) groups excluding carboxylic acids is 3. The van der Waals surface area contributed by atoms with Gasteiger partial charge in [0, 0.05) is 64.5 Å². The van der Waals surface area contributed by atoms with E-state index in [0.29, 0.717) is 54.6 Å². The van der Waals surface area contributed by atoms with E-state index in [0.717, 1.165) is 0 Å². The van der Waals surface area contributed by atoms with E-state index >= 15 is 4.39 Å². The number of hydrogen-bond donors (Lipinski definition) is 2. The third-order valence-electron chi connectivity index (χ3n) is 11.4. The smallest absolute Gasteiger partial charge is 0.307 e. The van der Waals surface area contributed by atoms with Gasteiger partial charge >= 0.3 is 5.97 Å². The SMILES string of the molecule is C.Cl.N#Cc1cccc(CC(=O)N2C[C@H](F)C[C@H]2C(=O)Cc2cccc(-c3ccccc3Cl)c2F)c1.N#Cc1cccc(CC(=O)O)c1.O=C(Cc1cccc(-c2ccccc2Cl)c1F)[C@@H]1C[C@@H](F)CN1.S. The molecule has 376 valence electrons. The molecular weight excluding hydrogens is 1010 g/mol. The van der Waals surface area contributed by atoms with Crippen molar-refractivity contribution >= 4 is 72.5 Å². The Morgan fingerprint density at radius 1 is 0.625 bits per heavy atom. The third kappa shape index (κ3) is 16.0. The summed E-state index contributed by atoms with van der Waals surface area (Å²) in [7, 11) is 0. The summed E-state index contributed by atoms with van der Waals surface area (Å²) >= 11 is 12.3. The highest BCUT2D eigenvalue weighted by atomic mass is 35.5. The Morgan fingerprint density at radius 2 is 1.08 bits per heavy atom. The first-order valence-corrected chi connectivity index (χ1v) is 22.5. The van der Waals surface area contributed by atoms with Crippen LogP contribution in [0.15, 0.2) is 133 Å². The van der Waals surface area contributed by atoms with Gasteiger partial charge in [-0.05, 0) is 58.7 Å². The van der Waals surface area contributed by atoms with Gasteiger partial charge in [-0.25, -0.2) is 17.6 Å². The lowest BCUT2D eigenvalue weighted by molar-refractivity contribution is -0.137. The van der Waals surface area contributed by atoms with Gasteiger partial charge in [0.2, 0.25) is 5.91 Å². The zero-order chi connectivity index (χ0) is 49.6. The van der Waals surface area contributed by atoms with Crippen LogP contribution in [0, 0.1) is 34.3 Å². The number of alkyl halides is 2. The number of halogens is 7. The average Bonchev–Trinajstić information content (AvgIpc) is 3.97. The van der Waals surface area contributed by atoms with Gasteiger partial charge in [0.1, 0.15) is 24.0 Å². The topological polar surface area (TPSA) is 151 Å². The highest BCUT2D eigenvalue weighted by molar-refractivity contribution is 7.59. The average molecular weight is 1060 g/mol. The van der Waals surface area contributed by atoms with Crippen molar-refractivity contribution in [2.24, 2.45) is 0 Å². The maximum atomic E-state index is 15.3. The predicted octanol–water partition coefficient (Wildman–Crippen LogP) is 11.6. The molecule has 2 N–H and O–H groups in total. The Bertz CT molecular complexity index is 2950. The summed E-state index contributed by atoms with van der Waals surface area (Å²) in [5.41, 5.74) is 4.37. The molecule has 8 rings (SSSR count). The number of nitrogens with one attached hydrogen (secondary N) is 1. The molecule has 72 heavy (non-hydrogen) atoms. The monoisotopic (exact) mass is 1060 g/mol. The van der Waals surface area contributed by atoms with E-state index in [4.69, 9.17) is 38.8 Å². The summed E-state index contributed by atoms with van der Waals surface area (Å²) in [4.78, 5) is 49.7. The van der Waals surface area contributed by atoms with Crippen molar-refractivity contribution in [1.82, 2.24) is 10.2 Å². The lowest BCUT2D eigenvalue weighted by atomic mass is 9.96. The minimum atomic E-state index is -1.33. The van der Waals surface area contributed by atoms with Crippen LogP contribution in [0.3, 0.4) is 0 Å². The number of carbonyl (C=O) groups is 4. The minimum absolute atomic E-state index is 0. The fourth-order valence-electron chi connectivity index (χ4n) is 8.08. The van der Waals surface area contributed by atoms with Gasteiger partial charge in [0.15, 0.2) is 11.6 Å². The van der Waals surface area contributed by atoms with Crippen LogP contribution in [-0.4, -0.2) is 71.0 Å². The Balaban J connectivity index is 0.000000312. The zero-order valence-corrected chi connectivity index (χ0v) is 41.1.